The van der Waals surface area contributed by atoms with Crippen molar-refractivity contribution in [1.29, 1.82) is 0 Å². The number of benzene rings is 2. The van der Waals surface area contributed by atoms with Crippen molar-refractivity contribution in [2.24, 2.45) is 0 Å². The van der Waals surface area contributed by atoms with E-state index in [1.165, 1.54) is 15.5 Å². The predicted octanol–water partition coefficient (Wildman–Crippen LogP) is 1.63. The van der Waals surface area contributed by atoms with Gasteiger partial charge in [0.25, 0.3) is 0 Å². The predicted molar refractivity (Wildman–Crippen MR) is 76.4 cm³/mol. The largest absolute Gasteiger partial charge is 1.00 e. The molecule has 2 rings (SSSR count). The normalized spacial score (nSPS) is 9.25. The van der Waals surface area contributed by atoms with E-state index >= 15 is 0 Å². The van der Waals surface area contributed by atoms with Crippen LogP contribution >= 0.6 is 0 Å². The van der Waals surface area contributed by atoms with Crippen molar-refractivity contribution in [3.8, 4) is 0 Å². The molecule has 0 aliphatic heterocycles. The third-order valence-corrected chi connectivity index (χ3v) is 4.60. The lowest BCUT2D eigenvalue weighted by molar-refractivity contribution is -0.00000666. The SMILES string of the molecule is CC[S+](c1ccccc1)c1ccccc1.FB(F)F.[F-]. The highest BCUT2D eigenvalue weighted by molar-refractivity contribution is 7.97. The van der Waals surface area contributed by atoms with Gasteiger partial charge in [-0.3, -0.25) is 12.9 Å². The van der Waals surface area contributed by atoms with Crippen LogP contribution in [0.4, 0.5) is 12.9 Å². The van der Waals surface area contributed by atoms with E-state index in [1.54, 1.807) is 0 Å². The van der Waals surface area contributed by atoms with Gasteiger partial charge in [-0.1, -0.05) is 36.4 Å². The average Bonchev–Trinajstić information content (AvgIpc) is 2.41. The second-order valence-electron chi connectivity index (χ2n) is 3.55. The standard InChI is InChI=1S/C14H15S.BF3.FH/c1-2-15(13-9-5-3-6-10-13)14-11-7-4-8-12-14;2-1(3)4;/h3-12H,2H2,1H3;;1H/q+1;;/p-1. The molecule has 0 nitrogen and oxygen atoms in total. The van der Waals surface area contributed by atoms with E-state index in [1.807, 2.05) is 0 Å². The van der Waals surface area contributed by atoms with Crippen molar-refractivity contribution in [1.82, 2.24) is 0 Å². The van der Waals surface area contributed by atoms with Crippen molar-refractivity contribution < 1.29 is 17.7 Å². The molecule has 0 spiro atoms. The van der Waals surface area contributed by atoms with Crippen LogP contribution in [0.15, 0.2) is 70.5 Å². The zero-order valence-electron chi connectivity index (χ0n) is 11.0. The molecule has 0 fully saturated rings. The molecular formula is C14H15BF4S. The van der Waals surface area contributed by atoms with Gasteiger partial charge in [0.1, 0.15) is 5.75 Å². The lowest BCUT2D eigenvalue weighted by atomic mass is 10.4. The van der Waals surface area contributed by atoms with Gasteiger partial charge in [-0.15, -0.1) is 0 Å². The van der Waals surface area contributed by atoms with Crippen molar-refractivity contribution in [3.05, 3.63) is 60.7 Å². The summed E-state index contributed by atoms with van der Waals surface area (Å²) in [5.74, 6) is 1.17. The molecule has 0 aliphatic carbocycles. The lowest BCUT2D eigenvalue weighted by Gasteiger charge is -2.04. The fourth-order valence-electron chi connectivity index (χ4n) is 1.64. The summed E-state index contributed by atoms with van der Waals surface area (Å²) >= 11 is 0. The molecule has 0 amide bonds. The number of halogens is 4. The third kappa shape index (κ3) is 6.66. The monoisotopic (exact) mass is 302 g/mol. The van der Waals surface area contributed by atoms with Gasteiger partial charge in [-0.2, -0.15) is 0 Å². The Balaban J connectivity index is 0.000000644. The van der Waals surface area contributed by atoms with Crippen LogP contribution in [0.5, 0.6) is 0 Å². The van der Waals surface area contributed by atoms with E-state index in [4.69, 9.17) is 0 Å². The molecule has 0 heterocycles. The van der Waals surface area contributed by atoms with Gasteiger partial charge in [0.15, 0.2) is 9.79 Å². The van der Waals surface area contributed by atoms with Crippen LogP contribution in [0, 0.1) is 0 Å². The van der Waals surface area contributed by atoms with Crippen LogP contribution in [0.3, 0.4) is 0 Å². The first-order valence-electron chi connectivity index (χ1n) is 5.88. The summed E-state index contributed by atoms with van der Waals surface area (Å²) < 4.78 is 29.0. The zero-order chi connectivity index (χ0) is 14.1. The quantitative estimate of drug-likeness (QED) is 0.459. The van der Waals surface area contributed by atoms with Crippen molar-refractivity contribution in [2.75, 3.05) is 5.75 Å². The lowest BCUT2D eigenvalue weighted by Crippen LogP contribution is -3.00. The number of hydrogen-bond acceptors (Lipinski definition) is 0. The molecule has 0 unspecified atom stereocenters. The van der Waals surface area contributed by atoms with Gasteiger partial charge in [0.2, 0.25) is 0 Å². The Morgan fingerprint density at radius 3 is 1.35 bits per heavy atom. The summed E-state index contributed by atoms with van der Waals surface area (Å²) in [6, 6.07) is 21.5. The molecule has 20 heavy (non-hydrogen) atoms. The van der Waals surface area contributed by atoms with Gasteiger partial charge in [0, 0.05) is 0 Å². The molecule has 0 aromatic heterocycles. The van der Waals surface area contributed by atoms with Crippen molar-refractivity contribution >= 4 is 18.4 Å². The summed E-state index contributed by atoms with van der Waals surface area (Å²) in [6.45, 7) is 2.25. The van der Waals surface area contributed by atoms with Crippen LogP contribution in [-0.4, -0.2) is 13.3 Å². The van der Waals surface area contributed by atoms with E-state index < -0.39 is 7.54 Å². The van der Waals surface area contributed by atoms with Gasteiger partial charge < -0.3 is 4.70 Å². The summed E-state index contributed by atoms with van der Waals surface area (Å²) in [5.41, 5.74) is 0. The smallest absolute Gasteiger partial charge is 0.762 e. The maximum absolute atomic E-state index is 9.67. The van der Waals surface area contributed by atoms with Gasteiger partial charge in [-0.25, -0.2) is 0 Å². The van der Waals surface area contributed by atoms with Gasteiger partial charge in [-0.05, 0) is 31.2 Å². The average molecular weight is 302 g/mol. The van der Waals surface area contributed by atoms with Crippen LogP contribution in [0.2, 0.25) is 0 Å². The molecule has 2 aromatic carbocycles. The Bertz CT molecular complexity index is 411. The third-order valence-electron chi connectivity index (χ3n) is 2.34. The minimum Gasteiger partial charge on any atom is -1.00 e. The minimum absolute atomic E-state index is 0. The molecule has 6 heteroatoms. The highest BCUT2D eigenvalue weighted by Crippen LogP contribution is 2.22. The minimum atomic E-state index is -3.67. The van der Waals surface area contributed by atoms with E-state index in [9.17, 15) is 12.9 Å². The number of hydrogen-bond donors (Lipinski definition) is 0. The summed E-state index contributed by atoms with van der Waals surface area (Å²) in [5, 5.41) is 0. The summed E-state index contributed by atoms with van der Waals surface area (Å²) in [6.07, 6.45) is 0. The molecule has 0 saturated carbocycles. The maximum Gasteiger partial charge on any atom is 0.762 e. The first-order valence-corrected chi connectivity index (χ1v) is 7.27. The fourth-order valence-corrected chi connectivity index (χ4v) is 3.55. The fraction of sp³-hybridized carbons (Fsp3) is 0.143. The molecule has 0 saturated heterocycles. The van der Waals surface area contributed by atoms with E-state index in [2.05, 4.69) is 67.6 Å². The summed E-state index contributed by atoms with van der Waals surface area (Å²) in [4.78, 5) is 2.87. The topological polar surface area (TPSA) is 0 Å². The Kier molecular flexibility index (Phi) is 9.63. The maximum atomic E-state index is 9.67. The van der Waals surface area contributed by atoms with Crippen LogP contribution < -0.4 is 4.70 Å². The van der Waals surface area contributed by atoms with Crippen molar-refractivity contribution in [3.63, 3.8) is 0 Å². The van der Waals surface area contributed by atoms with Crippen LogP contribution in [0.25, 0.3) is 0 Å². The number of rotatable bonds is 3. The molecule has 0 aliphatic rings. The Hall–Kier alpha value is -1.43. The molecular weight excluding hydrogens is 287 g/mol. The zero-order valence-corrected chi connectivity index (χ0v) is 11.8. The molecule has 0 bridgehead atoms. The van der Waals surface area contributed by atoms with Crippen LogP contribution in [0.1, 0.15) is 6.92 Å². The molecule has 0 N–H and O–H groups in total. The highest BCUT2D eigenvalue weighted by atomic mass is 32.2. The van der Waals surface area contributed by atoms with Crippen LogP contribution in [-0.2, 0) is 10.9 Å². The summed E-state index contributed by atoms with van der Waals surface area (Å²) in [7, 11) is -3.42. The van der Waals surface area contributed by atoms with Gasteiger partial charge >= 0.3 is 7.54 Å². The molecule has 0 atom stereocenters. The Labute approximate surface area is 120 Å². The molecule has 2 aromatic rings. The molecule has 0 radical (unpaired) electrons. The van der Waals surface area contributed by atoms with E-state index in [0.717, 1.165) is 0 Å². The molecule has 108 valence electrons. The first-order chi connectivity index (χ1) is 9.15. The second-order valence-corrected chi connectivity index (χ2v) is 5.85. The van der Waals surface area contributed by atoms with E-state index in [0.29, 0.717) is 0 Å². The Morgan fingerprint density at radius 2 is 1.10 bits per heavy atom. The van der Waals surface area contributed by atoms with Crippen molar-refractivity contribution in [2.45, 2.75) is 16.7 Å². The second kappa shape index (κ2) is 10.4. The van der Waals surface area contributed by atoms with Gasteiger partial charge in [0.05, 0.1) is 10.9 Å². The van der Waals surface area contributed by atoms with E-state index in [-0.39, 0.29) is 15.6 Å². The Morgan fingerprint density at radius 1 is 0.800 bits per heavy atom. The highest BCUT2D eigenvalue weighted by Gasteiger charge is 2.21. The first kappa shape index (κ1) is 18.6.